The molecule has 1 heterocycles. The van der Waals surface area contributed by atoms with Crippen LogP contribution in [0, 0.1) is 13.8 Å². The Kier molecular flexibility index (Phi) is 6.22. The molecular formula is C21H24N2O5S. The molecule has 1 N–H and O–H groups in total. The molecule has 0 bridgehead atoms. The highest BCUT2D eigenvalue weighted by atomic mass is 32.2. The van der Waals surface area contributed by atoms with E-state index >= 15 is 0 Å². The zero-order valence-electron chi connectivity index (χ0n) is 16.5. The van der Waals surface area contributed by atoms with Gasteiger partial charge < -0.3 is 10.1 Å². The summed E-state index contributed by atoms with van der Waals surface area (Å²) in [6.07, 6.45) is 0.377. The number of carbonyl (C=O) groups is 2. The van der Waals surface area contributed by atoms with Gasteiger partial charge in [0.25, 0.3) is 15.9 Å². The normalized spacial score (nSPS) is 14.6. The molecule has 0 saturated heterocycles. The standard InChI is InChI=1S/C21H24N2O5S/c1-15-9-10-17(14-16(15)2)28-13-11-22-20(24)8-5-12-23-21(25)18-6-3-4-7-19(18)29(23,26)27/h3-4,6-7,9-10,14H,5,8,11-13H2,1-2H3,(H,22,24). The van der Waals surface area contributed by atoms with E-state index in [2.05, 4.69) is 5.32 Å². The summed E-state index contributed by atoms with van der Waals surface area (Å²) in [5.74, 6) is -0.00212. The van der Waals surface area contributed by atoms with Crippen LogP contribution in [0.25, 0.3) is 0 Å². The van der Waals surface area contributed by atoms with Gasteiger partial charge in [-0.3, -0.25) is 9.59 Å². The molecule has 0 fully saturated rings. The zero-order valence-corrected chi connectivity index (χ0v) is 17.3. The molecule has 29 heavy (non-hydrogen) atoms. The van der Waals surface area contributed by atoms with Crippen LogP contribution < -0.4 is 10.1 Å². The Bertz CT molecular complexity index is 1030. The van der Waals surface area contributed by atoms with Crippen molar-refractivity contribution in [3.8, 4) is 5.75 Å². The van der Waals surface area contributed by atoms with Crippen molar-refractivity contribution in [2.24, 2.45) is 0 Å². The van der Waals surface area contributed by atoms with Gasteiger partial charge in [0.15, 0.2) is 0 Å². The number of ether oxygens (including phenoxy) is 1. The molecule has 0 aliphatic carbocycles. The summed E-state index contributed by atoms with van der Waals surface area (Å²) in [6.45, 7) is 4.69. The average molecular weight is 416 g/mol. The van der Waals surface area contributed by atoms with Crippen molar-refractivity contribution in [3.05, 3.63) is 59.2 Å². The topological polar surface area (TPSA) is 92.8 Å². The number of nitrogens with zero attached hydrogens (tertiary/aromatic N) is 1. The van der Waals surface area contributed by atoms with E-state index in [1.807, 2.05) is 32.0 Å². The van der Waals surface area contributed by atoms with Crippen LogP contribution in [-0.4, -0.2) is 44.2 Å². The molecule has 0 radical (unpaired) electrons. The largest absolute Gasteiger partial charge is 0.492 e. The first-order chi connectivity index (χ1) is 13.8. The van der Waals surface area contributed by atoms with Gasteiger partial charge in [-0.2, -0.15) is 0 Å². The van der Waals surface area contributed by atoms with Crippen LogP contribution in [0.3, 0.4) is 0 Å². The van der Waals surface area contributed by atoms with Gasteiger partial charge in [0.2, 0.25) is 5.91 Å². The van der Waals surface area contributed by atoms with Gasteiger partial charge in [-0.1, -0.05) is 18.2 Å². The Morgan fingerprint density at radius 1 is 1.10 bits per heavy atom. The molecule has 0 aromatic heterocycles. The molecule has 154 valence electrons. The second-order valence-corrected chi connectivity index (χ2v) is 8.76. The predicted octanol–water partition coefficient (Wildman–Crippen LogP) is 2.42. The van der Waals surface area contributed by atoms with Crippen molar-refractivity contribution in [2.45, 2.75) is 31.6 Å². The first-order valence-electron chi connectivity index (χ1n) is 9.43. The molecule has 2 aromatic carbocycles. The monoisotopic (exact) mass is 416 g/mol. The third-order valence-corrected chi connectivity index (χ3v) is 6.69. The van der Waals surface area contributed by atoms with Gasteiger partial charge >= 0.3 is 0 Å². The fourth-order valence-corrected chi connectivity index (χ4v) is 4.69. The second-order valence-electron chi connectivity index (χ2n) is 6.93. The van der Waals surface area contributed by atoms with Crippen LogP contribution in [0.5, 0.6) is 5.75 Å². The van der Waals surface area contributed by atoms with Crippen molar-refractivity contribution in [1.82, 2.24) is 9.62 Å². The fraction of sp³-hybridized carbons (Fsp3) is 0.333. The predicted molar refractivity (Wildman–Crippen MR) is 108 cm³/mol. The minimum Gasteiger partial charge on any atom is -0.492 e. The van der Waals surface area contributed by atoms with E-state index in [4.69, 9.17) is 4.74 Å². The number of hydrogen-bond acceptors (Lipinski definition) is 5. The summed E-state index contributed by atoms with van der Waals surface area (Å²) in [7, 11) is -3.82. The van der Waals surface area contributed by atoms with Gasteiger partial charge in [-0.15, -0.1) is 0 Å². The molecule has 2 aromatic rings. The lowest BCUT2D eigenvalue weighted by Crippen LogP contribution is -2.33. The Labute approximate surface area is 170 Å². The van der Waals surface area contributed by atoms with Gasteiger partial charge in [-0.05, 0) is 55.7 Å². The number of carbonyl (C=O) groups excluding carboxylic acids is 2. The minimum absolute atomic E-state index is 0.0254. The Morgan fingerprint density at radius 3 is 2.59 bits per heavy atom. The third-order valence-electron chi connectivity index (χ3n) is 4.85. The number of fused-ring (bicyclic) bond motifs is 1. The fourth-order valence-electron chi connectivity index (χ4n) is 3.09. The van der Waals surface area contributed by atoms with Crippen molar-refractivity contribution >= 4 is 21.8 Å². The SMILES string of the molecule is Cc1ccc(OCCNC(=O)CCCN2C(=O)c3ccccc3S2(=O)=O)cc1C. The molecule has 3 rings (SSSR count). The molecule has 0 unspecified atom stereocenters. The first-order valence-corrected chi connectivity index (χ1v) is 10.9. The van der Waals surface area contributed by atoms with E-state index < -0.39 is 15.9 Å². The van der Waals surface area contributed by atoms with Gasteiger partial charge in [0.05, 0.1) is 12.1 Å². The maximum atomic E-state index is 12.4. The van der Waals surface area contributed by atoms with Crippen LogP contribution in [0.4, 0.5) is 0 Å². The molecule has 0 saturated carbocycles. The Balaban J connectivity index is 1.40. The van der Waals surface area contributed by atoms with E-state index in [0.29, 0.717) is 13.2 Å². The summed E-state index contributed by atoms with van der Waals surface area (Å²) in [4.78, 5) is 24.3. The molecule has 0 atom stereocenters. The number of aryl methyl sites for hydroxylation is 2. The van der Waals surface area contributed by atoms with Crippen molar-refractivity contribution in [1.29, 1.82) is 0 Å². The van der Waals surface area contributed by atoms with Crippen LogP contribution in [0.2, 0.25) is 0 Å². The van der Waals surface area contributed by atoms with Gasteiger partial charge in [-0.25, -0.2) is 12.7 Å². The van der Waals surface area contributed by atoms with Gasteiger partial charge in [0, 0.05) is 13.0 Å². The summed E-state index contributed by atoms with van der Waals surface area (Å²) in [5.41, 5.74) is 2.51. The maximum Gasteiger partial charge on any atom is 0.269 e. The smallest absolute Gasteiger partial charge is 0.269 e. The number of sulfonamides is 1. The van der Waals surface area contributed by atoms with E-state index in [1.165, 1.54) is 17.7 Å². The number of benzene rings is 2. The lowest BCUT2D eigenvalue weighted by Gasteiger charge is -2.14. The van der Waals surface area contributed by atoms with Crippen molar-refractivity contribution in [2.75, 3.05) is 19.7 Å². The lowest BCUT2D eigenvalue weighted by molar-refractivity contribution is -0.121. The molecule has 2 amide bonds. The molecule has 1 aliphatic heterocycles. The second kappa shape index (κ2) is 8.65. The Morgan fingerprint density at radius 2 is 1.86 bits per heavy atom. The third kappa shape index (κ3) is 4.59. The summed E-state index contributed by atoms with van der Waals surface area (Å²) in [6, 6.07) is 11.9. The van der Waals surface area contributed by atoms with E-state index in [9.17, 15) is 18.0 Å². The quantitative estimate of drug-likeness (QED) is 0.667. The average Bonchev–Trinajstić information content (AvgIpc) is 2.89. The highest BCUT2D eigenvalue weighted by molar-refractivity contribution is 7.90. The van der Waals surface area contributed by atoms with E-state index in [1.54, 1.807) is 12.1 Å². The molecule has 1 aliphatic rings. The lowest BCUT2D eigenvalue weighted by atomic mass is 10.1. The van der Waals surface area contributed by atoms with Crippen molar-refractivity contribution < 1.29 is 22.7 Å². The van der Waals surface area contributed by atoms with Gasteiger partial charge in [0.1, 0.15) is 17.3 Å². The summed E-state index contributed by atoms with van der Waals surface area (Å²) >= 11 is 0. The summed E-state index contributed by atoms with van der Waals surface area (Å²) < 4.78 is 31.3. The molecule has 7 nitrogen and oxygen atoms in total. The van der Waals surface area contributed by atoms with Crippen LogP contribution >= 0.6 is 0 Å². The summed E-state index contributed by atoms with van der Waals surface area (Å²) in [5, 5.41) is 2.74. The van der Waals surface area contributed by atoms with Crippen LogP contribution in [-0.2, 0) is 14.8 Å². The number of hydrogen-bond donors (Lipinski definition) is 1. The Hall–Kier alpha value is -2.87. The maximum absolute atomic E-state index is 12.4. The van der Waals surface area contributed by atoms with E-state index in [0.717, 1.165) is 15.6 Å². The van der Waals surface area contributed by atoms with E-state index in [-0.39, 0.29) is 35.8 Å². The highest BCUT2D eigenvalue weighted by Crippen LogP contribution is 2.29. The van der Waals surface area contributed by atoms with Crippen LogP contribution in [0.1, 0.15) is 34.3 Å². The highest BCUT2D eigenvalue weighted by Gasteiger charge is 2.40. The molecular weight excluding hydrogens is 392 g/mol. The molecule has 0 spiro atoms. The van der Waals surface area contributed by atoms with Crippen molar-refractivity contribution in [3.63, 3.8) is 0 Å². The van der Waals surface area contributed by atoms with Crippen LogP contribution in [0.15, 0.2) is 47.4 Å². The number of amides is 2. The number of nitrogens with one attached hydrogen (secondary N) is 1. The minimum atomic E-state index is -3.82. The number of rotatable bonds is 8. The zero-order chi connectivity index (χ0) is 21.0. The first kappa shape index (κ1) is 20.9. The molecule has 8 heteroatoms.